The highest BCUT2D eigenvalue weighted by Crippen LogP contribution is 2.31. The lowest BCUT2D eigenvalue weighted by Gasteiger charge is -2.26. The number of aryl methyl sites for hydroxylation is 2. The van der Waals surface area contributed by atoms with Crippen molar-refractivity contribution in [2.45, 2.75) is 39.3 Å². The number of nitrogens with one attached hydrogen (secondary N) is 2. The van der Waals surface area contributed by atoms with Gasteiger partial charge in [0, 0.05) is 5.56 Å². The molecule has 1 aliphatic rings. The average molecular weight is 366 g/mol. The maximum Gasteiger partial charge on any atom is 0.329 e. The summed E-state index contributed by atoms with van der Waals surface area (Å²) in [5, 5.41) is 2.95. The maximum atomic E-state index is 13.2. The molecule has 5 heteroatoms. The highest BCUT2D eigenvalue weighted by atomic mass is 16.2. The number of imide groups is 1. The molecule has 1 fully saturated rings. The van der Waals surface area contributed by atoms with E-state index in [1.165, 1.54) is 21.6 Å². The topological polar surface area (TPSA) is 53.9 Å². The molecule has 2 N–H and O–H groups in total. The van der Waals surface area contributed by atoms with Gasteiger partial charge in [-0.2, -0.15) is 0 Å². The Bertz CT molecular complexity index is 850. The third-order valence-electron chi connectivity index (χ3n) is 5.39. The van der Waals surface area contributed by atoms with Crippen LogP contribution in [-0.4, -0.2) is 30.6 Å². The fraction of sp³-hybridized carbons (Fsp3) is 0.364. The van der Waals surface area contributed by atoms with Crippen LogP contribution >= 0.6 is 0 Å². The molecule has 2 atom stereocenters. The van der Waals surface area contributed by atoms with Crippen molar-refractivity contribution in [3.8, 4) is 0 Å². The molecule has 0 saturated carbocycles. The molecule has 0 radical (unpaired) electrons. The van der Waals surface area contributed by atoms with Gasteiger partial charge in [0.2, 0.25) is 0 Å². The van der Waals surface area contributed by atoms with Crippen molar-refractivity contribution in [2.75, 3.05) is 13.7 Å². The van der Waals surface area contributed by atoms with E-state index in [2.05, 4.69) is 37.4 Å². The summed E-state index contributed by atoms with van der Waals surface area (Å²) >= 11 is 0. The molecule has 0 aliphatic carbocycles. The summed E-state index contributed by atoms with van der Waals surface area (Å²) < 4.78 is 0. The monoisotopic (exact) mass is 366 g/mol. The Kier molecular flexibility index (Phi) is 5.33. The van der Waals surface area contributed by atoms with Gasteiger partial charge in [-0.05, 0) is 31.4 Å². The summed E-state index contributed by atoms with van der Waals surface area (Å²) in [4.78, 5) is 28.3. The van der Waals surface area contributed by atoms with Crippen molar-refractivity contribution in [1.29, 1.82) is 0 Å². The van der Waals surface area contributed by atoms with E-state index in [1.54, 1.807) is 0 Å². The molecule has 0 bridgehead atoms. The molecule has 1 heterocycles. The third kappa shape index (κ3) is 3.60. The second kappa shape index (κ2) is 7.53. The number of hydrogen-bond donors (Lipinski definition) is 2. The van der Waals surface area contributed by atoms with Crippen molar-refractivity contribution in [3.05, 3.63) is 70.8 Å². The molecular weight excluding hydrogens is 338 g/mol. The zero-order valence-electron chi connectivity index (χ0n) is 16.5. The number of urea groups is 1. The molecular formula is C22H28N3O2+. The standard InChI is InChI=1S/C22H27N3O2/c1-5-22(19-9-7-6-8-10-19)20(26)25(21(27)23-22)15-24(4)14-18-12-11-16(2)13-17(18)3/h6-13H,5,14-15H2,1-4H3,(H,23,27)/p+1/t22-/m0/s1. The van der Waals surface area contributed by atoms with Gasteiger partial charge in [-0.1, -0.05) is 61.0 Å². The highest BCUT2D eigenvalue weighted by Gasteiger charge is 2.52. The summed E-state index contributed by atoms with van der Waals surface area (Å²) in [6, 6.07) is 15.6. The number of carbonyl (C=O) groups excluding carboxylic acids is 2. The minimum atomic E-state index is -0.960. The van der Waals surface area contributed by atoms with Gasteiger partial charge in [-0.3, -0.25) is 4.79 Å². The minimum absolute atomic E-state index is 0.166. The average Bonchev–Trinajstić information content (AvgIpc) is 2.90. The van der Waals surface area contributed by atoms with E-state index in [0.29, 0.717) is 13.1 Å². The fourth-order valence-electron chi connectivity index (χ4n) is 3.83. The Morgan fingerprint density at radius 1 is 1.07 bits per heavy atom. The molecule has 2 aromatic rings. The van der Waals surface area contributed by atoms with Crippen molar-refractivity contribution < 1.29 is 14.5 Å². The van der Waals surface area contributed by atoms with Gasteiger partial charge >= 0.3 is 6.03 Å². The van der Waals surface area contributed by atoms with Crippen LogP contribution in [0.3, 0.4) is 0 Å². The lowest BCUT2D eigenvalue weighted by atomic mass is 9.87. The molecule has 3 rings (SSSR count). The van der Waals surface area contributed by atoms with E-state index in [4.69, 9.17) is 0 Å². The first kappa shape index (κ1) is 19.1. The Morgan fingerprint density at radius 3 is 2.41 bits per heavy atom. The van der Waals surface area contributed by atoms with Crippen LogP contribution < -0.4 is 10.2 Å². The van der Waals surface area contributed by atoms with E-state index in [1.807, 2.05) is 44.3 Å². The van der Waals surface area contributed by atoms with Crippen LogP contribution in [0.4, 0.5) is 4.79 Å². The Morgan fingerprint density at radius 2 is 1.78 bits per heavy atom. The summed E-state index contributed by atoms with van der Waals surface area (Å²) in [6.07, 6.45) is 0.522. The van der Waals surface area contributed by atoms with Crippen molar-refractivity contribution in [1.82, 2.24) is 10.2 Å². The van der Waals surface area contributed by atoms with Gasteiger partial charge in [0.15, 0.2) is 6.67 Å². The maximum absolute atomic E-state index is 13.2. The molecule has 0 aromatic heterocycles. The van der Waals surface area contributed by atoms with E-state index in [0.717, 1.165) is 17.0 Å². The van der Waals surface area contributed by atoms with Gasteiger partial charge < -0.3 is 10.2 Å². The normalized spacial score (nSPS) is 20.7. The van der Waals surface area contributed by atoms with Crippen LogP contribution in [-0.2, 0) is 16.9 Å². The largest absolute Gasteiger partial charge is 0.329 e. The summed E-state index contributed by atoms with van der Waals surface area (Å²) in [6.45, 7) is 7.20. The van der Waals surface area contributed by atoms with E-state index in [-0.39, 0.29) is 11.9 Å². The summed E-state index contributed by atoms with van der Waals surface area (Å²) in [5.41, 5.74) is 3.57. The zero-order chi connectivity index (χ0) is 19.6. The first-order valence-corrected chi connectivity index (χ1v) is 9.44. The van der Waals surface area contributed by atoms with E-state index >= 15 is 0 Å². The molecule has 142 valence electrons. The Balaban J connectivity index is 1.77. The number of benzene rings is 2. The van der Waals surface area contributed by atoms with Crippen molar-refractivity contribution >= 4 is 11.9 Å². The van der Waals surface area contributed by atoms with E-state index < -0.39 is 5.54 Å². The van der Waals surface area contributed by atoms with Gasteiger partial charge in [0.05, 0.1) is 7.05 Å². The van der Waals surface area contributed by atoms with Crippen molar-refractivity contribution in [3.63, 3.8) is 0 Å². The molecule has 1 unspecified atom stereocenters. The fourth-order valence-corrected chi connectivity index (χ4v) is 3.83. The van der Waals surface area contributed by atoms with Crippen molar-refractivity contribution in [2.24, 2.45) is 0 Å². The number of quaternary nitrogens is 1. The van der Waals surface area contributed by atoms with Gasteiger partial charge in [-0.15, -0.1) is 0 Å². The predicted molar refractivity (Wildman–Crippen MR) is 105 cm³/mol. The van der Waals surface area contributed by atoms with Crippen LogP contribution in [0.2, 0.25) is 0 Å². The van der Waals surface area contributed by atoms with Gasteiger partial charge in [-0.25, -0.2) is 9.69 Å². The quantitative estimate of drug-likeness (QED) is 0.770. The van der Waals surface area contributed by atoms with Crippen LogP contribution in [0.25, 0.3) is 0 Å². The second-order valence-electron chi connectivity index (χ2n) is 7.51. The smallest absolute Gasteiger partial charge is 0.319 e. The predicted octanol–water partition coefficient (Wildman–Crippen LogP) is 2.13. The minimum Gasteiger partial charge on any atom is -0.319 e. The SMILES string of the molecule is CC[C@@]1(c2ccccc2)NC(=O)N(C[NH+](C)Cc2ccc(C)cc2C)C1=O. The molecule has 3 amide bonds. The number of rotatable bonds is 6. The molecule has 1 aliphatic heterocycles. The molecule has 27 heavy (non-hydrogen) atoms. The summed E-state index contributed by atoms with van der Waals surface area (Å²) in [7, 11) is 2.01. The molecule has 5 nitrogen and oxygen atoms in total. The molecule has 2 aromatic carbocycles. The molecule has 0 spiro atoms. The van der Waals surface area contributed by atoms with Crippen LogP contribution in [0.15, 0.2) is 48.5 Å². The first-order chi connectivity index (χ1) is 12.9. The number of hydrogen-bond acceptors (Lipinski definition) is 2. The van der Waals surface area contributed by atoms with Gasteiger partial charge in [0.25, 0.3) is 5.91 Å². The lowest BCUT2D eigenvalue weighted by Crippen LogP contribution is -3.09. The first-order valence-electron chi connectivity index (χ1n) is 9.44. The van der Waals surface area contributed by atoms with Crippen LogP contribution in [0, 0.1) is 13.8 Å². The molecule has 1 saturated heterocycles. The van der Waals surface area contributed by atoms with Crippen LogP contribution in [0.5, 0.6) is 0 Å². The second-order valence-corrected chi connectivity index (χ2v) is 7.51. The van der Waals surface area contributed by atoms with Gasteiger partial charge in [0.1, 0.15) is 12.1 Å². The Hall–Kier alpha value is -2.66. The highest BCUT2D eigenvalue weighted by molar-refractivity contribution is 6.07. The number of carbonyl (C=O) groups is 2. The number of amides is 3. The summed E-state index contributed by atoms with van der Waals surface area (Å²) in [5.74, 6) is -0.166. The Labute approximate surface area is 161 Å². The lowest BCUT2D eigenvalue weighted by molar-refractivity contribution is -0.901. The number of nitrogens with zero attached hydrogens (tertiary/aromatic N) is 1. The van der Waals surface area contributed by atoms with E-state index in [9.17, 15) is 9.59 Å². The third-order valence-corrected chi connectivity index (χ3v) is 5.39. The zero-order valence-corrected chi connectivity index (χ0v) is 16.5. The van der Waals surface area contributed by atoms with Crippen LogP contribution in [0.1, 0.15) is 35.6 Å².